The van der Waals surface area contributed by atoms with Crippen molar-refractivity contribution in [3.63, 3.8) is 0 Å². The van der Waals surface area contributed by atoms with Crippen LogP contribution in [0.4, 0.5) is 0 Å². The molecule has 0 saturated carbocycles. The molecular weight excluding hydrogens is 1130 g/mol. The van der Waals surface area contributed by atoms with E-state index in [9.17, 15) is 19.8 Å². The van der Waals surface area contributed by atoms with Crippen molar-refractivity contribution in [1.82, 2.24) is 5.32 Å². The number of amides is 1. The number of aliphatic hydroxyl groups excluding tert-OH is 2. The number of hydrogen-bond donors (Lipinski definition) is 3. The van der Waals surface area contributed by atoms with E-state index in [0.29, 0.717) is 25.9 Å². The number of nitrogens with one attached hydrogen (secondary N) is 1. The molecule has 0 aromatic heterocycles. The van der Waals surface area contributed by atoms with Crippen LogP contribution in [0.15, 0.2) is 36.5 Å². The predicted octanol–water partition coefficient (Wildman–Crippen LogP) is 28.2. The number of esters is 1. The largest absolute Gasteiger partial charge is 0.466 e. The zero-order valence-corrected chi connectivity index (χ0v) is 62.6. The van der Waals surface area contributed by atoms with Crippen molar-refractivity contribution in [2.24, 2.45) is 0 Å². The van der Waals surface area contributed by atoms with E-state index in [1.54, 1.807) is 0 Å². The number of ether oxygens (including phenoxy) is 1. The number of carbonyl (C=O) groups excluding carboxylic acids is 2. The van der Waals surface area contributed by atoms with Crippen molar-refractivity contribution in [3.05, 3.63) is 36.5 Å². The van der Waals surface area contributed by atoms with Gasteiger partial charge in [0.05, 0.1) is 25.4 Å². The summed E-state index contributed by atoms with van der Waals surface area (Å²) >= 11 is 0. The van der Waals surface area contributed by atoms with Gasteiger partial charge in [0, 0.05) is 12.8 Å². The van der Waals surface area contributed by atoms with Crippen molar-refractivity contribution in [2.75, 3.05) is 13.2 Å². The molecule has 6 nitrogen and oxygen atoms in total. The van der Waals surface area contributed by atoms with Crippen LogP contribution in [0.25, 0.3) is 0 Å². The first-order chi connectivity index (χ1) is 45.5. The molecule has 3 N–H and O–H groups in total. The predicted molar refractivity (Wildman–Crippen MR) is 407 cm³/mol. The second-order valence-corrected chi connectivity index (χ2v) is 29.2. The highest BCUT2D eigenvalue weighted by atomic mass is 16.5. The molecule has 0 heterocycles. The summed E-state index contributed by atoms with van der Waals surface area (Å²) in [5.74, 6) is -0.0166. The van der Waals surface area contributed by atoms with Crippen LogP contribution in [0.5, 0.6) is 0 Å². The second-order valence-electron chi connectivity index (χ2n) is 29.2. The highest BCUT2D eigenvalue weighted by Crippen LogP contribution is 2.20. The molecule has 0 spiro atoms. The van der Waals surface area contributed by atoms with E-state index in [2.05, 4.69) is 55.6 Å². The number of carbonyl (C=O) groups is 2. The minimum Gasteiger partial charge on any atom is -0.466 e. The lowest BCUT2D eigenvalue weighted by atomic mass is 10.0. The van der Waals surface area contributed by atoms with Crippen molar-refractivity contribution in [3.8, 4) is 0 Å². The van der Waals surface area contributed by atoms with Gasteiger partial charge in [-0.15, -0.1) is 0 Å². The molecular formula is C86H165NO5. The Hall–Kier alpha value is -1.92. The average Bonchev–Trinajstić information content (AvgIpc) is 3.61. The van der Waals surface area contributed by atoms with Crippen LogP contribution in [-0.4, -0.2) is 47.4 Å². The maximum absolute atomic E-state index is 12.6. The summed E-state index contributed by atoms with van der Waals surface area (Å²) in [5, 5.41) is 23.5. The van der Waals surface area contributed by atoms with Crippen molar-refractivity contribution in [1.29, 1.82) is 0 Å². The lowest BCUT2D eigenvalue weighted by Gasteiger charge is -2.22. The molecule has 0 radical (unpaired) electrons. The smallest absolute Gasteiger partial charge is 0.305 e. The van der Waals surface area contributed by atoms with Crippen LogP contribution in [-0.2, 0) is 14.3 Å². The van der Waals surface area contributed by atoms with Crippen molar-refractivity contribution in [2.45, 2.75) is 488 Å². The summed E-state index contributed by atoms with van der Waals surface area (Å²) in [4.78, 5) is 24.7. The van der Waals surface area contributed by atoms with E-state index in [1.165, 1.54) is 392 Å². The molecule has 2 unspecified atom stereocenters. The third-order valence-corrected chi connectivity index (χ3v) is 19.9. The summed E-state index contributed by atoms with van der Waals surface area (Å²) in [6.45, 7) is 5.00. The van der Waals surface area contributed by atoms with Gasteiger partial charge in [-0.2, -0.15) is 0 Å². The third-order valence-electron chi connectivity index (χ3n) is 19.9. The van der Waals surface area contributed by atoms with Gasteiger partial charge in [0.25, 0.3) is 0 Å². The molecule has 6 heteroatoms. The van der Waals surface area contributed by atoms with E-state index in [-0.39, 0.29) is 18.5 Å². The Bertz CT molecular complexity index is 1490. The van der Waals surface area contributed by atoms with Gasteiger partial charge in [0.2, 0.25) is 5.91 Å². The number of rotatable bonds is 80. The van der Waals surface area contributed by atoms with Gasteiger partial charge >= 0.3 is 5.97 Å². The summed E-state index contributed by atoms with van der Waals surface area (Å²) in [7, 11) is 0. The SMILES string of the molecule is CCCCCCCCC/C=C\CCCCCCCC(=O)OCCCCCCCCCCCCC/C=C\C/C=C\CCCCCCCCCCCCCCCCCCCC(=O)NC(CO)C(O)CCCCCCCCCCCCCCCCCCCCCCCCCC. The topological polar surface area (TPSA) is 95.9 Å². The zero-order chi connectivity index (χ0) is 66.3. The number of unbranched alkanes of at least 4 members (excludes halogenated alkanes) is 63. The Balaban J connectivity index is 3.37. The molecule has 1 amide bonds. The molecule has 0 saturated heterocycles. The number of hydrogen-bond acceptors (Lipinski definition) is 5. The van der Waals surface area contributed by atoms with Crippen LogP contribution < -0.4 is 5.32 Å². The van der Waals surface area contributed by atoms with Crippen LogP contribution in [0, 0.1) is 0 Å². The lowest BCUT2D eigenvalue weighted by molar-refractivity contribution is -0.143. The zero-order valence-electron chi connectivity index (χ0n) is 62.6. The van der Waals surface area contributed by atoms with Crippen molar-refractivity contribution < 1.29 is 24.5 Å². The fraction of sp³-hybridized carbons (Fsp3) is 0.907. The van der Waals surface area contributed by atoms with Gasteiger partial charge in [-0.1, -0.05) is 416 Å². The Kier molecular flexibility index (Phi) is 79.8. The van der Waals surface area contributed by atoms with Gasteiger partial charge in [-0.3, -0.25) is 9.59 Å². The maximum atomic E-state index is 12.6. The first-order valence-corrected chi connectivity index (χ1v) is 42.2. The summed E-state index contributed by atoms with van der Waals surface area (Å²) < 4.78 is 5.50. The Labute approximate surface area is 576 Å². The highest BCUT2D eigenvalue weighted by molar-refractivity contribution is 5.76. The second kappa shape index (κ2) is 81.5. The molecule has 544 valence electrons. The van der Waals surface area contributed by atoms with Gasteiger partial charge in [-0.05, 0) is 83.5 Å². The first kappa shape index (κ1) is 90.1. The molecule has 0 bridgehead atoms. The minimum atomic E-state index is -0.665. The maximum Gasteiger partial charge on any atom is 0.305 e. The van der Waals surface area contributed by atoms with E-state index in [4.69, 9.17) is 4.74 Å². The molecule has 0 fully saturated rings. The van der Waals surface area contributed by atoms with Crippen LogP contribution in [0.3, 0.4) is 0 Å². The van der Waals surface area contributed by atoms with Gasteiger partial charge in [-0.25, -0.2) is 0 Å². The lowest BCUT2D eigenvalue weighted by Crippen LogP contribution is -2.45. The van der Waals surface area contributed by atoms with Gasteiger partial charge < -0.3 is 20.3 Å². The molecule has 0 aliphatic carbocycles. The van der Waals surface area contributed by atoms with E-state index < -0.39 is 12.1 Å². The normalized spacial score (nSPS) is 12.6. The molecule has 0 aromatic rings. The summed E-state index contributed by atoms with van der Waals surface area (Å²) in [6, 6.07) is -0.542. The van der Waals surface area contributed by atoms with E-state index in [1.807, 2.05) is 0 Å². The molecule has 0 aromatic carbocycles. The number of aliphatic hydroxyl groups is 2. The highest BCUT2D eigenvalue weighted by Gasteiger charge is 2.20. The monoisotopic (exact) mass is 1290 g/mol. The van der Waals surface area contributed by atoms with Gasteiger partial charge in [0.1, 0.15) is 0 Å². The third kappa shape index (κ3) is 77.1. The summed E-state index contributed by atoms with van der Waals surface area (Å²) in [6.07, 6.45) is 107. The Morgan fingerprint density at radius 3 is 0.837 bits per heavy atom. The fourth-order valence-corrected chi connectivity index (χ4v) is 13.5. The quantitative estimate of drug-likeness (QED) is 0.0320. The molecule has 0 aliphatic rings. The van der Waals surface area contributed by atoms with Crippen LogP contribution in [0.1, 0.15) is 476 Å². The standard InChI is InChI=1S/C86H165NO5/c1-3-5-7-9-11-13-15-17-19-21-22-23-24-38-41-44-47-50-54-58-62-66-70-74-78-84(89)83(82-88)87-85(90)79-75-71-67-63-59-55-51-48-45-42-39-36-34-32-30-28-26-25-27-29-31-33-35-37-40-43-46-49-53-57-61-65-69-73-77-81-92-86(91)80-76-72-68-64-60-56-52-20-18-16-14-12-10-8-6-4-2/h20,27,29,33,35,52,83-84,88-89H,3-19,21-26,28,30-32,34,36-51,53-82H2,1-2H3,(H,87,90)/b29-27-,35-33-,52-20-. The molecule has 0 rings (SSSR count). The van der Waals surface area contributed by atoms with Crippen molar-refractivity contribution >= 4 is 11.9 Å². The average molecular weight is 1290 g/mol. The van der Waals surface area contributed by atoms with Gasteiger partial charge in [0.15, 0.2) is 0 Å². The Morgan fingerprint density at radius 2 is 0.543 bits per heavy atom. The Morgan fingerprint density at radius 1 is 0.304 bits per heavy atom. The van der Waals surface area contributed by atoms with Crippen LogP contribution >= 0.6 is 0 Å². The summed E-state index contributed by atoms with van der Waals surface area (Å²) in [5.41, 5.74) is 0. The molecule has 0 aliphatic heterocycles. The molecule has 2 atom stereocenters. The fourth-order valence-electron chi connectivity index (χ4n) is 13.5. The molecule has 92 heavy (non-hydrogen) atoms. The minimum absolute atomic E-state index is 0.0103. The first-order valence-electron chi connectivity index (χ1n) is 42.2. The van der Waals surface area contributed by atoms with E-state index >= 15 is 0 Å². The van der Waals surface area contributed by atoms with Crippen LogP contribution in [0.2, 0.25) is 0 Å². The van der Waals surface area contributed by atoms with E-state index in [0.717, 1.165) is 51.4 Å². The number of allylic oxidation sites excluding steroid dienone is 6.